The highest BCUT2D eigenvalue weighted by molar-refractivity contribution is 7.10. The van der Waals surface area contributed by atoms with Crippen molar-refractivity contribution in [3.05, 3.63) is 70.4 Å². The van der Waals surface area contributed by atoms with E-state index in [2.05, 4.69) is 22.5 Å². The zero-order valence-corrected chi connectivity index (χ0v) is 15.1. The molecule has 0 unspecified atom stereocenters. The maximum atomic E-state index is 12.2. The Bertz CT molecular complexity index is 1020. The van der Waals surface area contributed by atoms with E-state index in [1.165, 1.54) is 0 Å². The second-order valence-electron chi connectivity index (χ2n) is 5.78. The third kappa shape index (κ3) is 4.40. The van der Waals surface area contributed by atoms with Crippen molar-refractivity contribution in [1.29, 1.82) is 0 Å². The maximum absolute atomic E-state index is 12.2. The van der Waals surface area contributed by atoms with Gasteiger partial charge in [-0.05, 0) is 41.8 Å². The highest BCUT2D eigenvalue weighted by Gasteiger charge is 2.14. The molecule has 1 aliphatic heterocycles. The summed E-state index contributed by atoms with van der Waals surface area (Å²) in [7, 11) is 0. The van der Waals surface area contributed by atoms with Crippen molar-refractivity contribution in [2.24, 2.45) is 0 Å². The van der Waals surface area contributed by atoms with Crippen LogP contribution in [0.1, 0.15) is 10.4 Å². The molecule has 1 amide bonds. The number of nitrogens with one attached hydrogen (secondary N) is 2. The van der Waals surface area contributed by atoms with E-state index in [0.29, 0.717) is 17.2 Å². The Morgan fingerprint density at radius 2 is 1.93 bits per heavy atom. The largest absolute Gasteiger partial charge is 0.454 e. The maximum Gasteiger partial charge on any atom is 0.243 e. The normalized spacial score (nSPS) is 11.4. The lowest BCUT2D eigenvalue weighted by Crippen LogP contribution is -2.21. The minimum absolute atomic E-state index is 0.149. The molecule has 1 aliphatic rings. The highest BCUT2D eigenvalue weighted by Crippen LogP contribution is 2.34. The molecular weight excluding hydrogens is 360 g/mol. The van der Waals surface area contributed by atoms with E-state index < -0.39 is 0 Å². The Hall–Kier alpha value is -3.43. The number of fused-ring (bicyclic) bond motifs is 1. The van der Waals surface area contributed by atoms with E-state index in [9.17, 15) is 4.79 Å². The molecule has 0 saturated heterocycles. The number of carbonyl (C=O) groups is 1. The van der Waals surface area contributed by atoms with Crippen molar-refractivity contribution in [2.45, 2.75) is 0 Å². The van der Waals surface area contributed by atoms with Crippen molar-refractivity contribution in [1.82, 2.24) is 0 Å². The molecular formula is C21H16N2O3S. The van der Waals surface area contributed by atoms with Crippen LogP contribution < -0.4 is 20.1 Å². The standard InChI is InChI=1S/C21H16N2O3S/c24-21(23-17-7-9-19-20(12-17)26-14-25-19)13-22-16-4-1-3-15(11-16)6-8-18-5-2-10-27-18/h1-5,7,9-12,22H,13-14H2,(H,23,24). The number of rotatable bonds is 4. The molecule has 2 N–H and O–H groups in total. The molecule has 0 atom stereocenters. The summed E-state index contributed by atoms with van der Waals surface area (Å²) in [4.78, 5) is 13.2. The number of anilines is 2. The summed E-state index contributed by atoms with van der Waals surface area (Å²) in [5, 5.41) is 7.95. The molecule has 0 spiro atoms. The smallest absolute Gasteiger partial charge is 0.243 e. The number of ether oxygens (including phenoxy) is 2. The molecule has 27 heavy (non-hydrogen) atoms. The first-order valence-electron chi connectivity index (χ1n) is 8.35. The summed E-state index contributed by atoms with van der Waals surface area (Å²) in [5.74, 6) is 7.43. The van der Waals surface area contributed by atoms with Crippen LogP contribution in [0.2, 0.25) is 0 Å². The van der Waals surface area contributed by atoms with Crippen molar-refractivity contribution in [2.75, 3.05) is 24.0 Å². The van der Waals surface area contributed by atoms with E-state index in [0.717, 1.165) is 16.1 Å². The van der Waals surface area contributed by atoms with Crippen LogP contribution in [-0.2, 0) is 4.79 Å². The van der Waals surface area contributed by atoms with Crippen LogP contribution in [0.25, 0.3) is 0 Å². The first kappa shape index (κ1) is 17.0. The Morgan fingerprint density at radius 1 is 1.00 bits per heavy atom. The quantitative estimate of drug-likeness (QED) is 0.678. The Kier molecular flexibility index (Phi) is 4.95. The van der Waals surface area contributed by atoms with Gasteiger partial charge in [-0.2, -0.15) is 0 Å². The van der Waals surface area contributed by atoms with Crippen LogP contribution in [0, 0.1) is 11.8 Å². The summed E-state index contributed by atoms with van der Waals surface area (Å²) >= 11 is 1.61. The summed E-state index contributed by atoms with van der Waals surface area (Å²) in [6.45, 7) is 0.357. The molecule has 3 aromatic rings. The predicted octanol–water partition coefficient (Wildman–Crippen LogP) is 3.93. The molecule has 2 aromatic carbocycles. The van der Waals surface area contributed by atoms with Gasteiger partial charge in [-0.1, -0.05) is 24.0 Å². The van der Waals surface area contributed by atoms with E-state index in [4.69, 9.17) is 9.47 Å². The predicted molar refractivity (Wildman–Crippen MR) is 106 cm³/mol. The minimum atomic E-state index is -0.149. The van der Waals surface area contributed by atoms with Gasteiger partial charge in [-0.25, -0.2) is 0 Å². The second-order valence-corrected chi connectivity index (χ2v) is 6.73. The SMILES string of the molecule is O=C(CNc1cccc(C#Cc2cccs2)c1)Nc1ccc2c(c1)OCO2. The molecule has 6 heteroatoms. The molecule has 1 aromatic heterocycles. The summed E-state index contributed by atoms with van der Waals surface area (Å²) in [6, 6.07) is 17.0. The van der Waals surface area contributed by atoms with Gasteiger partial charge in [-0.15, -0.1) is 11.3 Å². The Morgan fingerprint density at radius 3 is 2.81 bits per heavy atom. The second kappa shape index (κ2) is 7.85. The fraction of sp³-hybridized carbons (Fsp3) is 0.0952. The number of amides is 1. The van der Waals surface area contributed by atoms with Crippen molar-refractivity contribution < 1.29 is 14.3 Å². The van der Waals surface area contributed by atoms with E-state index in [1.54, 1.807) is 29.5 Å². The monoisotopic (exact) mass is 376 g/mol. The summed E-state index contributed by atoms with van der Waals surface area (Å²) in [5.41, 5.74) is 2.40. The topological polar surface area (TPSA) is 59.6 Å². The molecule has 0 fully saturated rings. The molecule has 0 aliphatic carbocycles. The lowest BCUT2D eigenvalue weighted by atomic mass is 10.2. The van der Waals surface area contributed by atoms with Crippen LogP contribution in [-0.4, -0.2) is 19.2 Å². The number of hydrogen-bond donors (Lipinski definition) is 2. The first-order valence-corrected chi connectivity index (χ1v) is 9.23. The Labute approximate surface area is 160 Å². The van der Waals surface area contributed by atoms with Gasteiger partial charge < -0.3 is 20.1 Å². The number of thiophene rings is 1. The van der Waals surface area contributed by atoms with Crippen molar-refractivity contribution in [3.8, 4) is 23.3 Å². The summed E-state index contributed by atoms with van der Waals surface area (Å²) < 4.78 is 10.6. The molecule has 0 bridgehead atoms. The third-order valence-electron chi connectivity index (χ3n) is 3.82. The average molecular weight is 376 g/mol. The van der Waals surface area contributed by atoms with Crippen molar-refractivity contribution in [3.63, 3.8) is 0 Å². The fourth-order valence-electron chi connectivity index (χ4n) is 2.55. The zero-order chi connectivity index (χ0) is 18.5. The Balaban J connectivity index is 1.34. The third-order valence-corrected chi connectivity index (χ3v) is 4.61. The van der Waals surface area contributed by atoms with Gasteiger partial charge in [0.25, 0.3) is 0 Å². The number of benzene rings is 2. The fourth-order valence-corrected chi connectivity index (χ4v) is 3.12. The molecule has 0 radical (unpaired) electrons. The zero-order valence-electron chi connectivity index (χ0n) is 14.3. The van der Waals surface area contributed by atoms with Gasteiger partial charge in [-0.3, -0.25) is 4.79 Å². The van der Waals surface area contributed by atoms with E-state index >= 15 is 0 Å². The van der Waals surface area contributed by atoms with Gasteiger partial charge >= 0.3 is 0 Å². The van der Waals surface area contributed by atoms with Gasteiger partial charge in [0.1, 0.15) is 0 Å². The highest BCUT2D eigenvalue weighted by atomic mass is 32.1. The van der Waals surface area contributed by atoms with Crippen LogP contribution in [0.15, 0.2) is 60.0 Å². The molecule has 0 saturated carbocycles. The number of hydrogen-bond acceptors (Lipinski definition) is 5. The van der Waals surface area contributed by atoms with Gasteiger partial charge in [0.15, 0.2) is 11.5 Å². The molecule has 134 valence electrons. The molecule has 4 rings (SSSR count). The van der Waals surface area contributed by atoms with Crippen LogP contribution in [0.4, 0.5) is 11.4 Å². The van der Waals surface area contributed by atoms with Crippen LogP contribution in [0.5, 0.6) is 11.5 Å². The van der Waals surface area contributed by atoms with Gasteiger partial charge in [0.2, 0.25) is 12.7 Å². The van der Waals surface area contributed by atoms with Gasteiger partial charge in [0.05, 0.1) is 11.4 Å². The number of carbonyl (C=O) groups excluding carboxylic acids is 1. The first-order chi connectivity index (χ1) is 13.3. The summed E-state index contributed by atoms with van der Waals surface area (Å²) in [6.07, 6.45) is 0. The van der Waals surface area contributed by atoms with Gasteiger partial charge in [0, 0.05) is 23.0 Å². The van der Waals surface area contributed by atoms with Crippen LogP contribution >= 0.6 is 11.3 Å². The lowest BCUT2D eigenvalue weighted by molar-refractivity contribution is -0.114. The molecule has 2 heterocycles. The van der Waals surface area contributed by atoms with Crippen molar-refractivity contribution >= 4 is 28.6 Å². The van der Waals surface area contributed by atoms with E-state index in [1.807, 2.05) is 41.8 Å². The lowest BCUT2D eigenvalue weighted by Gasteiger charge is -2.08. The minimum Gasteiger partial charge on any atom is -0.454 e. The van der Waals surface area contributed by atoms with Crippen LogP contribution in [0.3, 0.4) is 0 Å². The average Bonchev–Trinajstić information content (AvgIpc) is 3.36. The molecule has 5 nitrogen and oxygen atoms in total. The van der Waals surface area contributed by atoms with E-state index in [-0.39, 0.29) is 19.2 Å².